The van der Waals surface area contributed by atoms with Gasteiger partial charge in [-0.2, -0.15) is 0 Å². The van der Waals surface area contributed by atoms with Crippen LogP contribution >= 0.6 is 0 Å². The zero-order valence-corrected chi connectivity index (χ0v) is 29.3. The maximum absolute atomic E-state index is 11.2. The van der Waals surface area contributed by atoms with E-state index in [0.717, 1.165) is 0 Å². The largest absolute Gasteiger partial charge is 0.394 e. The molecule has 17 N–H and O–H groups in total. The third-order valence-corrected chi connectivity index (χ3v) is 10.6. The monoisotopic (exact) mass is 807 g/mol. The predicted molar refractivity (Wildman–Crippen MR) is 170 cm³/mol. The van der Waals surface area contributed by atoms with Gasteiger partial charge in [0.1, 0.15) is 104 Å². The first kappa shape index (κ1) is 44.9. The standard InChI is InChI=1S/C31H53NO23/c1-7-13(32-9-2-8(3-33)25(18(41)14(9)37)53-30-23(46)17(40)15(38)10(4-34)51-30)16(39)22(45)29(49-7)54-27-12(6-36)52-31(24(47)20(27)43)55-26-11(5-35)50-28(48)21(44)19(26)42/h2,7,9-48H,3-6H2,1H3/t7?,9?,10?,11?,12?,13-,14?,15-,16+,17+,18-,19-,20-,21?,22?,23?,24?,25+,26-,27-,28-,29+,30+,31+/m1/s1. The van der Waals surface area contributed by atoms with E-state index in [2.05, 4.69) is 5.32 Å². The molecule has 1 aliphatic carbocycles. The van der Waals surface area contributed by atoms with Crippen molar-refractivity contribution in [2.75, 3.05) is 26.4 Å². The minimum absolute atomic E-state index is 0.0544. The summed E-state index contributed by atoms with van der Waals surface area (Å²) in [5, 5.41) is 169. The fourth-order valence-electron chi connectivity index (χ4n) is 7.29. The van der Waals surface area contributed by atoms with Gasteiger partial charge in [-0.25, -0.2) is 0 Å². The number of hydrogen-bond acceptors (Lipinski definition) is 24. The first-order valence-corrected chi connectivity index (χ1v) is 17.6. The molecular weight excluding hydrogens is 754 g/mol. The normalized spacial score (nSPS) is 52.5. The number of nitrogens with one attached hydrogen (secondary N) is 1. The number of hydrogen-bond donors (Lipinski definition) is 17. The van der Waals surface area contributed by atoms with E-state index in [1.165, 1.54) is 13.0 Å². The molecule has 0 aromatic carbocycles. The van der Waals surface area contributed by atoms with Crippen molar-refractivity contribution in [3.63, 3.8) is 0 Å². The van der Waals surface area contributed by atoms with Gasteiger partial charge in [-0.15, -0.1) is 0 Å². The maximum atomic E-state index is 11.2. The second kappa shape index (κ2) is 18.8. The highest BCUT2D eigenvalue weighted by Gasteiger charge is 2.54. The van der Waals surface area contributed by atoms with Crippen LogP contribution in [-0.4, -0.2) is 255 Å². The summed E-state index contributed by atoms with van der Waals surface area (Å²) in [6.07, 6.45) is -36.3. The van der Waals surface area contributed by atoms with E-state index in [-0.39, 0.29) is 5.57 Å². The summed E-state index contributed by atoms with van der Waals surface area (Å²) in [7, 11) is 0. The molecule has 0 aromatic heterocycles. The molecule has 24 atom stereocenters. The van der Waals surface area contributed by atoms with Crippen molar-refractivity contribution in [3.05, 3.63) is 11.6 Å². The highest BCUT2D eigenvalue weighted by molar-refractivity contribution is 5.23. The SMILES string of the molecule is CC1O[C@@H](O[C@@H]2C(CO)O[C@@H](O[C@@H]3C(CO)O[C@@H](O)C(O)[C@H]3O)C(O)[C@H]2O)C(O)[C@@H](O)[C@@H]1NC1C=C(CO)[C@H](O[C@@H]2OC(CO)[C@@H](O)[C@H](O)C2O)[C@H](O)C1O. The van der Waals surface area contributed by atoms with Crippen LogP contribution in [0.2, 0.25) is 0 Å². The van der Waals surface area contributed by atoms with Crippen LogP contribution < -0.4 is 5.32 Å². The Labute approximate surface area is 312 Å². The summed E-state index contributed by atoms with van der Waals surface area (Å²) < 4.78 is 38.5. The van der Waals surface area contributed by atoms with Gasteiger partial charge in [0.25, 0.3) is 0 Å². The van der Waals surface area contributed by atoms with Gasteiger partial charge < -0.3 is 120 Å². The van der Waals surface area contributed by atoms with Gasteiger partial charge in [-0.3, -0.25) is 0 Å². The molecule has 4 saturated heterocycles. The Morgan fingerprint density at radius 2 is 1.00 bits per heavy atom. The summed E-state index contributed by atoms with van der Waals surface area (Å²) in [4.78, 5) is 0. The Balaban J connectivity index is 1.23. The van der Waals surface area contributed by atoms with E-state index >= 15 is 0 Å². The minimum Gasteiger partial charge on any atom is -0.394 e. The van der Waals surface area contributed by atoms with Gasteiger partial charge in [-0.05, 0) is 12.5 Å². The lowest BCUT2D eigenvalue weighted by atomic mass is 9.86. The fraction of sp³-hybridized carbons (Fsp3) is 0.935. The fourth-order valence-corrected chi connectivity index (χ4v) is 7.29. The number of ether oxygens (including phenoxy) is 7. The lowest BCUT2D eigenvalue weighted by Gasteiger charge is -2.49. The quantitative estimate of drug-likeness (QED) is 0.0814. The Hall–Kier alpha value is -1.22. The molecule has 10 unspecified atom stereocenters. The lowest BCUT2D eigenvalue weighted by molar-refractivity contribution is -0.373. The molecule has 0 aromatic rings. The molecule has 5 rings (SSSR count). The van der Waals surface area contributed by atoms with E-state index in [1.807, 2.05) is 0 Å². The zero-order chi connectivity index (χ0) is 40.6. The van der Waals surface area contributed by atoms with Crippen LogP contribution in [0.5, 0.6) is 0 Å². The molecular formula is C31H53NO23. The van der Waals surface area contributed by atoms with Crippen LogP contribution in [0, 0.1) is 0 Å². The van der Waals surface area contributed by atoms with E-state index in [9.17, 15) is 81.7 Å². The highest BCUT2D eigenvalue weighted by atomic mass is 16.8. The third kappa shape index (κ3) is 9.03. The topological polar surface area (TPSA) is 400 Å². The first-order chi connectivity index (χ1) is 26.0. The smallest absolute Gasteiger partial charge is 0.187 e. The van der Waals surface area contributed by atoms with Crippen LogP contribution in [0.1, 0.15) is 6.92 Å². The molecule has 0 spiro atoms. The lowest BCUT2D eigenvalue weighted by Crippen LogP contribution is -2.68. The number of rotatable bonds is 12. The van der Waals surface area contributed by atoms with Gasteiger partial charge in [0.2, 0.25) is 0 Å². The van der Waals surface area contributed by atoms with Gasteiger partial charge in [0.05, 0.1) is 44.6 Å². The number of aliphatic hydroxyl groups is 16. The predicted octanol–water partition coefficient (Wildman–Crippen LogP) is -10.7. The molecule has 24 heteroatoms. The molecule has 0 bridgehead atoms. The summed E-state index contributed by atoms with van der Waals surface area (Å²) in [6.45, 7) is -1.79. The van der Waals surface area contributed by atoms with Gasteiger partial charge in [0.15, 0.2) is 25.2 Å². The molecule has 0 radical (unpaired) electrons. The molecule has 5 aliphatic rings. The van der Waals surface area contributed by atoms with Crippen molar-refractivity contribution >= 4 is 0 Å². The second-order valence-electron chi connectivity index (χ2n) is 14.2. The van der Waals surface area contributed by atoms with Gasteiger partial charge in [-0.1, -0.05) is 6.08 Å². The molecule has 4 heterocycles. The molecule has 55 heavy (non-hydrogen) atoms. The minimum atomic E-state index is -1.99. The van der Waals surface area contributed by atoms with Crippen LogP contribution in [0.3, 0.4) is 0 Å². The van der Waals surface area contributed by atoms with Gasteiger partial charge in [0, 0.05) is 0 Å². The van der Waals surface area contributed by atoms with E-state index in [4.69, 9.17) is 33.2 Å². The van der Waals surface area contributed by atoms with E-state index < -0.39 is 174 Å². The summed E-state index contributed by atoms with van der Waals surface area (Å²) in [6, 6.07) is -2.47. The van der Waals surface area contributed by atoms with Crippen molar-refractivity contribution < 1.29 is 115 Å². The Morgan fingerprint density at radius 3 is 1.58 bits per heavy atom. The third-order valence-electron chi connectivity index (χ3n) is 10.6. The van der Waals surface area contributed by atoms with Crippen LogP contribution in [0.15, 0.2) is 11.6 Å². The summed E-state index contributed by atoms with van der Waals surface area (Å²) in [5.41, 5.74) is -0.0544. The van der Waals surface area contributed by atoms with Crippen molar-refractivity contribution in [3.8, 4) is 0 Å². The van der Waals surface area contributed by atoms with E-state index in [1.54, 1.807) is 0 Å². The van der Waals surface area contributed by atoms with Crippen molar-refractivity contribution in [2.45, 2.75) is 154 Å². The average Bonchev–Trinajstić information content (AvgIpc) is 3.17. The summed E-state index contributed by atoms with van der Waals surface area (Å²) >= 11 is 0. The van der Waals surface area contributed by atoms with Crippen LogP contribution in [-0.2, 0) is 33.2 Å². The Morgan fingerprint density at radius 1 is 0.509 bits per heavy atom. The maximum Gasteiger partial charge on any atom is 0.187 e. The second-order valence-corrected chi connectivity index (χ2v) is 14.2. The first-order valence-electron chi connectivity index (χ1n) is 17.6. The van der Waals surface area contributed by atoms with Crippen molar-refractivity contribution in [1.82, 2.24) is 5.32 Å². The molecule has 0 amide bonds. The highest BCUT2D eigenvalue weighted by Crippen LogP contribution is 2.34. The van der Waals surface area contributed by atoms with Crippen LogP contribution in [0.4, 0.5) is 0 Å². The molecule has 4 aliphatic heterocycles. The molecule has 0 saturated carbocycles. The van der Waals surface area contributed by atoms with E-state index in [0.29, 0.717) is 0 Å². The Kier molecular flexibility index (Phi) is 15.3. The summed E-state index contributed by atoms with van der Waals surface area (Å²) in [5.74, 6) is 0. The van der Waals surface area contributed by atoms with Gasteiger partial charge >= 0.3 is 0 Å². The molecule has 320 valence electrons. The van der Waals surface area contributed by atoms with Crippen molar-refractivity contribution in [1.29, 1.82) is 0 Å². The zero-order valence-electron chi connectivity index (χ0n) is 29.3. The molecule has 24 nitrogen and oxygen atoms in total. The Bertz CT molecular complexity index is 1250. The average molecular weight is 808 g/mol. The number of aliphatic hydroxyl groups excluding tert-OH is 16. The molecule has 4 fully saturated rings. The van der Waals surface area contributed by atoms with Crippen LogP contribution in [0.25, 0.3) is 0 Å². The van der Waals surface area contributed by atoms with Crippen molar-refractivity contribution in [2.24, 2.45) is 0 Å².